The highest BCUT2D eigenvalue weighted by Gasteiger charge is 2.27. The lowest BCUT2D eigenvalue weighted by molar-refractivity contribution is 0.150. The number of benzene rings is 1. The van der Waals surface area contributed by atoms with E-state index in [1.807, 2.05) is 0 Å². The molecule has 7 nitrogen and oxygen atoms in total. The van der Waals surface area contributed by atoms with Crippen molar-refractivity contribution in [1.29, 1.82) is 0 Å². The zero-order chi connectivity index (χ0) is 17.3. The van der Waals surface area contributed by atoms with Gasteiger partial charge in [0.2, 0.25) is 0 Å². The minimum Gasteiger partial charge on any atom is -0.449 e. The number of aromatic nitrogens is 2. The van der Waals surface area contributed by atoms with Crippen LogP contribution in [0.15, 0.2) is 10.9 Å². The molecule has 124 valence electrons. The Bertz CT molecular complexity index is 856. The van der Waals surface area contributed by atoms with Crippen LogP contribution < -0.4 is 5.69 Å². The Kier molecular flexibility index (Phi) is 5.23. The highest BCUT2D eigenvalue weighted by Crippen LogP contribution is 2.36. The third-order valence-corrected chi connectivity index (χ3v) is 4.12. The summed E-state index contributed by atoms with van der Waals surface area (Å²) in [6.07, 6.45) is -1.97. The largest absolute Gasteiger partial charge is 0.449 e. The predicted octanol–water partition coefficient (Wildman–Crippen LogP) is 3.77. The van der Waals surface area contributed by atoms with Gasteiger partial charge in [0.25, 0.3) is 0 Å². The fourth-order valence-electron chi connectivity index (χ4n) is 1.98. The van der Waals surface area contributed by atoms with Gasteiger partial charge in [-0.15, -0.1) is 0 Å². The number of carbonyl (C=O) groups excluding carboxylic acids is 2. The van der Waals surface area contributed by atoms with Gasteiger partial charge in [-0.2, -0.15) is 9.13 Å². The molecule has 0 aliphatic heterocycles. The molecule has 1 heterocycles. The maximum Gasteiger partial charge on any atom is 0.422 e. The number of nitrogens with zero attached hydrogens (tertiary/aromatic N) is 2. The Morgan fingerprint density at radius 1 is 1.00 bits per heavy atom. The SMILES string of the molecule is CCOC(=O)n1c(=O)n(C(=O)OCC)c2c(Cl)c(Cl)c(Cl)cc21. The van der Waals surface area contributed by atoms with Crippen molar-refractivity contribution in [3.05, 3.63) is 31.6 Å². The molecule has 10 heteroatoms. The molecular formula is C13H11Cl3N2O5. The first kappa shape index (κ1) is 17.7. The van der Waals surface area contributed by atoms with E-state index < -0.39 is 17.9 Å². The van der Waals surface area contributed by atoms with Crippen LogP contribution in [0.2, 0.25) is 15.1 Å². The van der Waals surface area contributed by atoms with Gasteiger partial charge in [0.15, 0.2) is 0 Å². The van der Waals surface area contributed by atoms with Crippen molar-refractivity contribution in [3.63, 3.8) is 0 Å². The second kappa shape index (κ2) is 6.82. The number of fused-ring (bicyclic) bond motifs is 1. The lowest BCUT2D eigenvalue weighted by Crippen LogP contribution is -2.33. The van der Waals surface area contributed by atoms with Gasteiger partial charge in [-0.1, -0.05) is 34.8 Å². The molecule has 2 rings (SSSR count). The highest BCUT2D eigenvalue weighted by atomic mass is 35.5. The molecule has 0 saturated heterocycles. The molecule has 0 spiro atoms. The van der Waals surface area contributed by atoms with Crippen LogP contribution in [0.25, 0.3) is 11.0 Å². The fourth-order valence-corrected chi connectivity index (χ4v) is 2.65. The topological polar surface area (TPSA) is 79.5 Å². The first-order chi connectivity index (χ1) is 10.8. The van der Waals surface area contributed by atoms with Crippen molar-refractivity contribution >= 4 is 58.0 Å². The first-order valence-electron chi connectivity index (χ1n) is 6.50. The first-order valence-corrected chi connectivity index (χ1v) is 7.63. The predicted molar refractivity (Wildman–Crippen MR) is 86.1 cm³/mol. The minimum absolute atomic E-state index is 0.0131. The summed E-state index contributed by atoms with van der Waals surface area (Å²) in [4.78, 5) is 36.6. The van der Waals surface area contributed by atoms with Gasteiger partial charge in [-0.05, 0) is 19.9 Å². The Morgan fingerprint density at radius 2 is 1.52 bits per heavy atom. The van der Waals surface area contributed by atoms with E-state index in [-0.39, 0.29) is 39.3 Å². The Hall–Kier alpha value is -1.70. The second-order valence-corrected chi connectivity index (χ2v) is 5.37. The maximum atomic E-state index is 12.5. The number of hydrogen-bond donors (Lipinski definition) is 0. The number of imidazole rings is 1. The second-order valence-electron chi connectivity index (χ2n) is 4.21. The van der Waals surface area contributed by atoms with Crippen LogP contribution in [-0.2, 0) is 9.47 Å². The minimum atomic E-state index is -0.995. The molecule has 0 aliphatic rings. The molecule has 0 amide bonds. The van der Waals surface area contributed by atoms with Crippen LogP contribution in [0.1, 0.15) is 13.8 Å². The van der Waals surface area contributed by atoms with E-state index in [0.29, 0.717) is 9.13 Å². The van der Waals surface area contributed by atoms with E-state index >= 15 is 0 Å². The molecule has 0 bridgehead atoms. The molecule has 23 heavy (non-hydrogen) atoms. The summed E-state index contributed by atoms with van der Waals surface area (Å²) in [6.45, 7) is 3.20. The summed E-state index contributed by atoms with van der Waals surface area (Å²) in [5, 5.41) is -0.189. The molecule has 0 N–H and O–H groups in total. The highest BCUT2D eigenvalue weighted by molar-refractivity contribution is 6.50. The number of hydrogen-bond acceptors (Lipinski definition) is 5. The van der Waals surface area contributed by atoms with Crippen molar-refractivity contribution in [2.24, 2.45) is 0 Å². The van der Waals surface area contributed by atoms with Crippen molar-refractivity contribution in [1.82, 2.24) is 9.13 Å². The van der Waals surface area contributed by atoms with Gasteiger partial charge in [-0.25, -0.2) is 14.4 Å². The Balaban J connectivity index is 2.93. The molecule has 0 radical (unpaired) electrons. The normalized spacial score (nSPS) is 10.8. The van der Waals surface area contributed by atoms with Gasteiger partial charge in [0.1, 0.15) is 5.52 Å². The fraction of sp³-hybridized carbons (Fsp3) is 0.308. The van der Waals surface area contributed by atoms with Gasteiger partial charge in [0, 0.05) is 0 Å². The third kappa shape index (κ3) is 2.91. The third-order valence-electron chi connectivity index (χ3n) is 2.86. The molecule has 0 saturated carbocycles. The van der Waals surface area contributed by atoms with Crippen LogP contribution in [0.5, 0.6) is 0 Å². The lowest BCUT2D eigenvalue weighted by atomic mass is 10.3. The summed E-state index contributed by atoms with van der Waals surface area (Å²) in [7, 11) is 0. The molecule has 0 aliphatic carbocycles. The maximum absolute atomic E-state index is 12.5. The van der Waals surface area contributed by atoms with Gasteiger partial charge in [0.05, 0.1) is 33.8 Å². The summed E-state index contributed by atoms with van der Waals surface area (Å²) >= 11 is 18.0. The summed E-state index contributed by atoms with van der Waals surface area (Å²) in [6, 6.07) is 1.25. The van der Waals surface area contributed by atoms with Crippen LogP contribution >= 0.6 is 34.8 Å². The van der Waals surface area contributed by atoms with Crippen molar-refractivity contribution in [2.75, 3.05) is 13.2 Å². The van der Waals surface area contributed by atoms with Crippen LogP contribution in [0.4, 0.5) is 9.59 Å². The molecule has 1 aromatic carbocycles. The zero-order valence-electron chi connectivity index (χ0n) is 12.1. The molecular weight excluding hydrogens is 371 g/mol. The van der Waals surface area contributed by atoms with Crippen LogP contribution in [0, 0.1) is 0 Å². The number of ether oxygens (including phenoxy) is 2. The summed E-state index contributed by atoms with van der Waals surface area (Å²) in [5.74, 6) is 0. The van der Waals surface area contributed by atoms with Crippen LogP contribution in [0.3, 0.4) is 0 Å². The average molecular weight is 382 g/mol. The number of rotatable bonds is 2. The van der Waals surface area contributed by atoms with E-state index in [0.717, 1.165) is 0 Å². The van der Waals surface area contributed by atoms with Gasteiger partial charge < -0.3 is 9.47 Å². The number of halogens is 3. The molecule has 2 aromatic rings. The summed E-state index contributed by atoms with van der Waals surface area (Å²) in [5.41, 5.74) is -1.09. The van der Waals surface area contributed by atoms with E-state index in [1.54, 1.807) is 13.8 Å². The van der Waals surface area contributed by atoms with Crippen molar-refractivity contribution in [3.8, 4) is 0 Å². The van der Waals surface area contributed by atoms with Crippen LogP contribution in [-0.4, -0.2) is 34.5 Å². The average Bonchev–Trinajstić information content (AvgIpc) is 2.78. The Morgan fingerprint density at radius 3 is 2.04 bits per heavy atom. The van der Waals surface area contributed by atoms with Gasteiger partial charge >= 0.3 is 17.9 Å². The smallest absolute Gasteiger partial charge is 0.422 e. The van der Waals surface area contributed by atoms with E-state index in [4.69, 9.17) is 44.3 Å². The molecule has 0 fully saturated rings. The summed E-state index contributed by atoms with van der Waals surface area (Å²) < 4.78 is 10.9. The van der Waals surface area contributed by atoms with Gasteiger partial charge in [-0.3, -0.25) is 0 Å². The molecule has 0 atom stereocenters. The Labute approximate surface area is 145 Å². The molecule has 0 unspecified atom stereocenters. The monoisotopic (exact) mass is 380 g/mol. The van der Waals surface area contributed by atoms with E-state index in [2.05, 4.69) is 0 Å². The van der Waals surface area contributed by atoms with E-state index in [1.165, 1.54) is 6.07 Å². The van der Waals surface area contributed by atoms with E-state index in [9.17, 15) is 14.4 Å². The standard InChI is InChI=1S/C13H11Cl3N2O5/c1-3-22-12(20)17-7-5-6(14)8(15)9(16)10(7)18(11(17)19)13(21)23-4-2/h5H,3-4H2,1-2H3. The number of carbonyl (C=O) groups is 2. The molecule has 1 aromatic heterocycles. The quantitative estimate of drug-likeness (QED) is 0.740. The van der Waals surface area contributed by atoms with Crippen molar-refractivity contribution in [2.45, 2.75) is 13.8 Å². The van der Waals surface area contributed by atoms with Crippen molar-refractivity contribution < 1.29 is 19.1 Å². The zero-order valence-corrected chi connectivity index (χ0v) is 14.3. The lowest BCUT2D eigenvalue weighted by Gasteiger charge is -2.05.